The molecule has 5 nitrogen and oxygen atoms in total. The largest absolute Gasteiger partial charge is 0.316 e. The molecule has 0 amide bonds. The highest BCUT2D eigenvalue weighted by atomic mass is 79.9. The lowest BCUT2D eigenvalue weighted by Gasteiger charge is -2.09. The zero-order chi connectivity index (χ0) is 14.6. The van der Waals surface area contributed by atoms with Gasteiger partial charge in [0.15, 0.2) is 0 Å². The molecule has 108 valence electrons. The minimum Gasteiger partial charge on any atom is -0.316 e. The first-order valence-corrected chi connectivity index (χ1v) is 8.99. The molecule has 0 bridgehead atoms. The average molecular weight is 376 g/mol. The van der Waals surface area contributed by atoms with Gasteiger partial charge in [-0.15, -0.1) is 11.3 Å². The van der Waals surface area contributed by atoms with Crippen molar-refractivity contribution in [1.29, 1.82) is 0 Å². The lowest BCUT2D eigenvalue weighted by atomic mass is 10.2. The highest BCUT2D eigenvalue weighted by molar-refractivity contribution is 9.10. The predicted molar refractivity (Wildman–Crippen MR) is 83.0 cm³/mol. The average Bonchev–Trinajstić information content (AvgIpc) is 2.90. The molecule has 0 radical (unpaired) electrons. The summed E-state index contributed by atoms with van der Waals surface area (Å²) in [6, 6.07) is 5.19. The van der Waals surface area contributed by atoms with Gasteiger partial charge in [-0.3, -0.25) is 0 Å². The van der Waals surface area contributed by atoms with Crippen molar-refractivity contribution >= 4 is 37.3 Å². The summed E-state index contributed by atoms with van der Waals surface area (Å²) in [5.41, 5.74) is 1.01. The van der Waals surface area contributed by atoms with Crippen LogP contribution >= 0.6 is 27.3 Å². The zero-order valence-electron chi connectivity index (χ0n) is 10.8. The topological polar surface area (TPSA) is 71.1 Å². The van der Waals surface area contributed by atoms with Gasteiger partial charge in [0.25, 0.3) is 0 Å². The predicted octanol–water partition coefficient (Wildman–Crippen LogP) is 2.10. The van der Waals surface area contributed by atoms with Crippen LogP contribution in [0.25, 0.3) is 0 Å². The van der Waals surface area contributed by atoms with Crippen LogP contribution in [0.1, 0.15) is 10.6 Å². The highest BCUT2D eigenvalue weighted by Gasteiger charge is 2.17. The molecule has 0 fully saturated rings. The summed E-state index contributed by atoms with van der Waals surface area (Å²) >= 11 is 4.73. The van der Waals surface area contributed by atoms with Gasteiger partial charge in [-0.05, 0) is 40.7 Å². The van der Waals surface area contributed by atoms with E-state index in [4.69, 9.17) is 0 Å². The normalized spacial score (nSPS) is 11.7. The van der Waals surface area contributed by atoms with E-state index in [-0.39, 0.29) is 11.4 Å². The minimum atomic E-state index is -3.55. The van der Waals surface area contributed by atoms with Crippen LogP contribution in [0, 0.1) is 0 Å². The van der Waals surface area contributed by atoms with E-state index in [9.17, 15) is 8.42 Å². The Balaban J connectivity index is 2.16. The summed E-state index contributed by atoms with van der Waals surface area (Å²) < 4.78 is 27.6. The van der Waals surface area contributed by atoms with Gasteiger partial charge in [0.2, 0.25) is 10.0 Å². The number of hydrogen-bond donors (Lipinski definition) is 2. The van der Waals surface area contributed by atoms with Gasteiger partial charge in [0.1, 0.15) is 5.01 Å². The minimum absolute atomic E-state index is 0.199. The maximum Gasteiger partial charge on any atom is 0.242 e. The molecule has 1 aromatic heterocycles. The first kappa shape index (κ1) is 15.6. The van der Waals surface area contributed by atoms with Crippen LogP contribution in [0.2, 0.25) is 0 Å². The standard InChI is InChI=1S/C12H14BrN3O2S2/c1-14-7-9-2-3-11(10(13)6-9)20(17,18)16-8-12-15-4-5-19-12/h2-6,14,16H,7-8H2,1H3. The van der Waals surface area contributed by atoms with Crippen LogP contribution < -0.4 is 10.0 Å². The zero-order valence-corrected chi connectivity index (χ0v) is 14.0. The summed E-state index contributed by atoms with van der Waals surface area (Å²) in [6.45, 7) is 0.885. The van der Waals surface area contributed by atoms with Crippen LogP contribution in [-0.2, 0) is 23.1 Å². The first-order valence-electron chi connectivity index (χ1n) is 5.84. The molecule has 0 atom stereocenters. The van der Waals surface area contributed by atoms with Crippen LogP contribution in [-0.4, -0.2) is 20.4 Å². The maximum atomic E-state index is 12.2. The molecule has 0 unspecified atom stereocenters. The van der Waals surface area contributed by atoms with Gasteiger partial charge in [-0.25, -0.2) is 18.1 Å². The van der Waals surface area contributed by atoms with Crippen molar-refractivity contribution in [1.82, 2.24) is 15.0 Å². The molecule has 0 aliphatic rings. The van der Waals surface area contributed by atoms with E-state index in [0.29, 0.717) is 11.0 Å². The number of sulfonamides is 1. The van der Waals surface area contributed by atoms with Crippen molar-refractivity contribution in [3.63, 3.8) is 0 Å². The molecule has 1 aromatic carbocycles. The van der Waals surface area contributed by atoms with Crippen molar-refractivity contribution in [2.45, 2.75) is 18.0 Å². The Bertz CT molecular complexity index is 672. The summed E-state index contributed by atoms with van der Waals surface area (Å²) in [4.78, 5) is 4.28. The molecule has 8 heteroatoms. The molecule has 2 rings (SSSR count). The summed E-state index contributed by atoms with van der Waals surface area (Å²) in [5.74, 6) is 0. The molecule has 0 saturated heterocycles. The van der Waals surface area contributed by atoms with Gasteiger partial charge in [-0.2, -0.15) is 0 Å². The fourth-order valence-corrected chi connectivity index (χ4v) is 4.41. The first-order chi connectivity index (χ1) is 9.53. The van der Waals surface area contributed by atoms with Gasteiger partial charge in [-0.1, -0.05) is 6.07 Å². The fraction of sp³-hybridized carbons (Fsp3) is 0.250. The third kappa shape index (κ3) is 3.86. The quantitative estimate of drug-likeness (QED) is 0.810. The molecule has 20 heavy (non-hydrogen) atoms. The van der Waals surface area contributed by atoms with Crippen molar-refractivity contribution in [3.05, 3.63) is 44.8 Å². The van der Waals surface area contributed by atoms with Crippen molar-refractivity contribution in [2.75, 3.05) is 7.05 Å². The van der Waals surface area contributed by atoms with Gasteiger partial charge in [0, 0.05) is 22.6 Å². The number of nitrogens with one attached hydrogen (secondary N) is 2. The number of benzene rings is 1. The summed E-state index contributed by atoms with van der Waals surface area (Å²) in [7, 11) is -1.71. The van der Waals surface area contributed by atoms with E-state index in [2.05, 4.69) is 31.0 Å². The molecule has 0 saturated carbocycles. The molecule has 0 aliphatic heterocycles. The fourth-order valence-electron chi connectivity index (χ4n) is 1.65. The Morgan fingerprint density at radius 1 is 1.35 bits per heavy atom. The Hall–Kier alpha value is -0.800. The third-order valence-electron chi connectivity index (χ3n) is 2.56. The smallest absolute Gasteiger partial charge is 0.242 e. The molecule has 2 aromatic rings. The Kier molecular flexibility index (Phi) is 5.28. The molecular formula is C12H14BrN3O2S2. The number of rotatable bonds is 6. The van der Waals surface area contributed by atoms with Gasteiger partial charge < -0.3 is 5.32 Å². The Labute approximate surface area is 130 Å². The van der Waals surface area contributed by atoms with E-state index in [1.165, 1.54) is 11.3 Å². The lowest BCUT2D eigenvalue weighted by Crippen LogP contribution is -2.23. The third-order valence-corrected chi connectivity index (χ3v) is 5.72. The van der Waals surface area contributed by atoms with E-state index in [1.807, 2.05) is 12.4 Å². The summed E-state index contributed by atoms with van der Waals surface area (Å²) in [6.07, 6.45) is 1.65. The second-order valence-corrected chi connectivity index (χ2v) is 7.61. The number of thiazole rings is 1. The van der Waals surface area contributed by atoms with Crippen LogP contribution in [0.5, 0.6) is 0 Å². The summed E-state index contributed by atoms with van der Waals surface area (Å²) in [5, 5.41) is 5.56. The van der Waals surface area contributed by atoms with E-state index < -0.39 is 10.0 Å². The lowest BCUT2D eigenvalue weighted by molar-refractivity contribution is 0.580. The van der Waals surface area contributed by atoms with Gasteiger partial charge in [0.05, 0.1) is 11.4 Å². The molecule has 2 N–H and O–H groups in total. The SMILES string of the molecule is CNCc1ccc(S(=O)(=O)NCc2nccs2)c(Br)c1. The van der Waals surface area contributed by atoms with Crippen LogP contribution in [0.15, 0.2) is 39.1 Å². The molecular weight excluding hydrogens is 362 g/mol. The van der Waals surface area contributed by atoms with Crippen LogP contribution in [0.3, 0.4) is 0 Å². The second kappa shape index (κ2) is 6.77. The van der Waals surface area contributed by atoms with Crippen molar-refractivity contribution < 1.29 is 8.42 Å². The number of hydrogen-bond acceptors (Lipinski definition) is 5. The maximum absolute atomic E-state index is 12.2. The second-order valence-electron chi connectivity index (χ2n) is 4.05. The molecule has 0 spiro atoms. The van der Waals surface area contributed by atoms with E-state index >= 15 is 0 Å². The number of nitrogens with zero attached hydrogens (tertiary/aromatic N) is 1. The molecule has 1 heterocycles. The monoisotopic (exact) mass is 375 g/mol. The van der Waals surface area contributed by atoms with Crippen molar-refractivity contribution in [3.8, 4) is 0 Å². The molecule has 0 aliphatic carbocycles. The Morgan fingerprint density at radius 2 is 2.15 bits per heavy atom. The number of halogens is 1. The van der Waals surface area contributed by atoms with Crippen molar-refractivity contribution in [2.24, 2.45) is 0 Å². The van der Waals surface area contributed by atoms with E-state index in [0.717, 1.165) is 10.6 Å². The van der Waals surface area contributed by atoms with Gasteiger partial charge >= 0.3 is 0 Å². The van der Waals surface area contributed by atoms with Crippen LogP contribution in [0.4, 0.5) is 0 Å². The highest BCUT2D eigenvalue weighted by Crippen LogP contribution is 2.23. The number of aromatic nitrogens is 1. The Morgan fingerprint density at radius 3 is 2.75 bits per heavy atom. The van der Waals surface area contributed by atoms with E-state index in [1.54, 1.807) is 24.4 Å².